The van der Waals surface area contributed by atoms with Crippen molar-refractivity contribution in [3.05, 3.63) is 41.7 Å². The van der Waals surface area contributed by atoms with E-state index < -0.39 is 0 Å². The normalized spacial score (nSPS) is 20.4. The molecule has 2 N–H and O–H groups in total. The van der Waals surface area contributed by atoms with Crippen LogP contribution in [0, 0.1) is 11.8 Å². The third kappa shape index (κ3) is 6.91. The first kappa shape index (κ1) is 28.0. The Hall–Kier alpha value is -2.98. The number of piperidine rings is 1. The molecule has 0 saturated carbocycles. The van der Waals surface area contributed by atoms with Crippen molar-refractivity contribution in [2.24, 2.45) is 11.8 Å². The Bertz CT molecular complexity index is 1080. The van der Waals surface area contributed by atoms with Gasteiger partial charge in [-0.2, -0.15) is 0 Å². The molecule has 0 aliphatic carbocycles. The fraction of sp³-hybridized carbons (Fsp3) is 0.643. The molecule has 2 amide bonds. The van der Waals surface area contributed by atoms with Crippen LogP contribution in [0.4, 0.5) is 5.82 Å². The van der Waals surface area contributed by atoms with Crippen molar-refractivity contribution in [2.75, 3.05) is 51.3 Å². The minimum Gasteiger partial charge on any atom is -0.467 e. The highest BCUT2D eigenvalue weighted by Gasteiger charge is 2.36. The van der Waals surface area contributed by atoms with Crippen LogP contribution in [-0.2, 0) is 21.5 Å². The SMILES string of the molecule is CC(C)CN(C(=O)c1cnc(C(C)(C)C)nc1NCc1ccco1)C1CNCC(C(=O)N2CCOCC2)C1. The molecule has 2 aromatic rings. The van der Waals surface area contributed by atoms with Crippen LogP contribution in [0.3, 0.4) is 0 Å². The zero-order valence-corrected chi connectivity index (χ0v) is 23.3. The molecule has 2 aliphatic rings. The Kier molecular flexibility index (Phi) is 9.04. The van der Waals surface area contributed by atoms with Gasteiger partial charge in [-0.05, 0) is 24.5 Å². The standard InChI is InChI=1S/C28H42N6O4/c1-19(2)18-34(21-13-20(14-29-15-21)25(35)33-8-11-37-12-9-33)26(36)23-17-31-27(28(3,4)5)32-24(23)30-16-22-7-6-10-38-22/h6-7,10,17,19-21,29H,8-9,11-16,18H2,1-5H3,(H,30,31,32). The third-order valence-electron chi connectivity index (χ3n) is 6.96. The van der Waals surface area contributed by atoms with E-state index in [9.17, 15) is 9.59 Å². The van der Waals surface area contributed by atoms with Crippen LogP contribution in [0.2, 0.25) is 0 Å². The van der Waals surface area contributed by atoms with Gasteiger partial charge in [0.05, 0.1) is 31.9 Å². The van der Waals surface area contributed by atoms with Crippen molar-refractivity contribution in [3.8, 4) is 0 Å². The third-order valence-corrected chi connectivity index (χ3v) is 6.96. The molecule has 0 radical (unpaired) electrons. The summed E-state index contributed by atoms with van der Waals surface area (Å²) < 4.78 is 10.9. The number of morpholine rings is 1. The van der Waals surface area contributed by atoms with Crippen LogP contribution in [0.25, 0.3) is 0 Å². The zero-order chi connectivity index (χ0) is 27.3. The van der Waals surface area contributed by atoms with Gasteiger partial charge in [0.15, 0.2) is 0 Å². The van der Waals surface area contributed by atoms with Gasteiger partial charge >= 0.3 is 0 Å². The highest BCUT2D eigenvalue weighted by molar-refractivity contribution is 5.98. The second kappa shape index (κ2) is 12.3. The summed E-state index contributed by atoms with van der Waals surface area (Å²) in [5.74, 6) is 1.98. The minimum absolute atomic E-state index is 0.117. The molecule has 10 heteroatoms. The number of hydrogen-bond donors (Lipinski definition) is 2. The number of rotatable bonds is 8. The number of nitrogens with zero attached hydrogens (tertiary/aromatic N) is 4. The van der Waals surface area contributed by atoms with Gasteiger partial charge in [-0.25, -0.2) is 9.97 Å². The predicted molar refractivity (Wildman–Crippen MR) is 145 cm³/mol. The van der Waals surface area contributed by atoms with Crippen molar-refractivity contribution in [1.29, 1.82) is 0 Å². The lowest BCUT2D eigenvalue weighted by Gasteiger charge is -2.40. The van der Waals surface area contributed by atoms with Crippen LogP contribution in [-0.4, -0.2) is 83.6 Å². The summed E-state index contributed by atoms with van der Waals surface area (Å²) in [7, 11) is 0. The quantitative estimate of drug-likeness (QED) is 0.540. The Labute approximate surface area is 225 Å². The van der Waals surface area contributed by atoms with Crippen molar-refractivity contribution >= 4 is 17.6 Å². The maximum atomic E-state index is 14.1. The van der Waals surface area contributed by atoms with E-state index in [-0.39, 0.29) is 35.1 Å². The predicted octanol–water partition coefficient (Wildman–Crippen LogP) is 2.91. The summed E-state index contributed by atoms with van der Waals surface area (Å²) in [5.41, 5.74) is 0.146. The van der Waals surface area contributed by atoms with Gasteiger partial charge in [0, 0.05) is 50.4 Å². The van der Waals surface area contributed by atoms with Crippen molar-refractivity contribution in [2.45, 2.75) is 59.0 Å². The van der Waals surface area contributed by atoms with E-state index in [1.165, 1.54) is 0 Å². The first-order valence-electron chi connectivity index (χ1n) is 13.7. The summed E-state index contributed by atoms with van der Waals surface area (Å²) in [6.07, 6.45) is 3.89. The molecule has 0 aromatic carbocycles. The Morgan fingerprint density at radius 3 is 2.66 bits per heavy atom. The molecule has 0 spiro atoms. The number of nitrogens with one attached hydrogen (secondary N) is 2. The summed E-state index contributed by atoms with van der Waals surface area (Å²) in [6, 6.07) is 3.59. The molecule has 38 heavy (non-hydrogen) atoms. The number of ether oxygens (including phenoxy) is 1. The molecule has 208 valence electrons. The van der Waals surface area contributed by atoms with E-state index in [2.05, 4.69) is 29.5 Å². The average molecular weight is 527 g/mol. The lowest BCUT2D eigenvalue weighted by atomic mass is 9.92. The minimum atomic E-state index is -0.277. The first-order chi connectivity index (χ1) is 18.1. The van der Waals surface area contributed by atoms with Crippen molar-refractivity contribution in [1.82, 2.24) is 25.1 Å². The topological polar surface area (TPSA) is 113 Å². The van der Waals surface area contributed by atoms with E-state index in [4.69, 9.17) is 14.1 Å². The molecular formula is C28H42N6O4. The van der Waals surface area contributed by atoms with E-state index in [0.29, 0.717) is 76.1 Å². The number of hydrogen-bond acceptors (Lipinski definition) is 8. The molecular weight excluding hydrogens is 484 g/mol. The van der Waals surface area contributed by atoms with Gasteiger partial charge in [-0.1, -0.05) is 34.6 Å². The van der Waals surface area contributed by atoms with Gasteiger partial charge in [-0.3, -0.25) is 9.59 Å². The van der Waals surface area contributed by atoms with Gasteiger partial charge in [-0.15, -0.1) is 0 Å². The molecule has 2 unspecified atom stereocenters. The summed E-state index contributed by atoms with van der Waals surface area (Å²) in [6.45, 7) is 15.0. The molecule has 4 rings (SSSR count). The van der Waals surface area contributed by atoms with Gasteiger partial charge < -0.3 is 29.6 Å². The van der Waals surface area contributed by atoms with Crippen LogP contribution in [0.1, 0.15) is 63.0 Å². The molecule has 2 fully saturated rings. The Morgan fingerprint density at radius 2 is 2.00 bits per heavy atom. The van der Waals surface area contributed by atoms with E-state index in [1.54, 1.807) is 12.5 Å². The summed E-state index contributed by atoms with van der Waals surface area (Å²) >= 11 is 0. The van der Waals surface area contributed by atoms with Crippen LogP contribution >= 0.6 is 0 Å². The first-order valence-corrected chi connectivity index (χ1v) is 13.7. The van der Waals surface area contributed by atoms with Gasteiger partial charge in [0.25, 0.3) is 5.91 Å². The summed E-state index contributed by atoms with van der Waals surface area (Å²) in [5, 5.41) is 6.73. The smallest absolute Gasteiger partial charge is 0.259 e. The van der Waals surface area contributed by atoms with Crippen molar-refractivity contribution < 1.29 is 18.7 Å². The highest BCUT2D eigenvalue weighted by atomic mass is 16.5. The number of carbonyl (C=O) groups is 2. The van der Waals surface area contributed by atoms with Gasteiger partial charge in [0.2, 0.25) is 5.91 Å². The lowest BCUT2D eigenvalue weighted by Crippen LogP contribution is -2.56. The maximum Gasteiger partial charge on any atom is 0.259 e. The Balaban J connectivity index is 1.58. The molecule has 4 heterocycles. The van der Waals surface area contributed by atoms with E-state index in [1.807, 2.05) is 42.7 Å². The fourth-order valence-corrected chi connectivity index (χ4v) is 4.95. The number of furan rings is 1. The fourth-order valence-electron chi connectivity index (χ4n) is 4.95. The molecule has 2 atom stereocenters. The molecule has 2 saturated heterocycles. The molecule has 10 nitrogen and oxygen atoms in total. The van der Waals surface area contributed by atoms with E-state index >= 15 is 0 Å². The number of carbonyl (C=O) groups excluding carboxylic acids is 2. The lowest BCUT2D eigenvalue weighted by molar-refractivity contribution is -0.140. The van der Waals surface area contributed by atoms with Crippen LogP contribution < -0.4 is 10.6 Å². The van der Waals surface area contributed by atoms with Crippen molar-refractivity contribution in [3.63, 3.8) is 0 Å². The highest BCUT2D eigenvalue weighted by Crippen LogP contribution is 2.26. The molecule has 0 bridgehead atoms. The largest absolute Gasteiger partial charge is 0.467 e. The number of amides is 2. The number of aromatic nitrogens is 2. The van der Waals surface area contributed by atoms with Gasteiger partial charge in [0.1, 0.15) is 23.0 Å². The van der Waals surface area contributed by atoms with E-state index in [0.717, 1.165) is 5.76 Å². The van der Waals surface area contributed by atoms with Crippen LogP contribution in [0.15, 0.2) is 29.0 Å². The Morgan fingerprint density at radius 1 is 1.24 bits per heavy atom. The second-order valence-electron chi connectivity index (χ2n) is 11.7. The number of anilines is 1. The monoisotopic (exact) mass is 526 g/mol. The van der Waals surface area contributed by atoms with Crippen LogP contribution in [0.5, 0.6) is 0 Å². The molecule has 2 aromatic heterocycles. The molecule has 2 aliphatic heterocycles. The second-order valence-corrected chi connectivity index (χ2v) is 11.7. The average Bonchev–Trinajstić information content (AvgIpc) is 3.43. The zero-order valence-electron chi connectivity index (χ0n) is 23.3. The maximum absolute atomic E-state index is 14.1. The summed E-state index contributed by atoms with van der Waals surface area (Å²) in [4.78, 5) is 40.5.